The molecule has 0 aliphatic carbocycles. The molecule has 3 heterocycles. The molecular weight excluding hydrogens is 312 g/mol. The van der Waals surface area contributed by atoms with Crippen molar-refractivity contribution in [3.8, 4) is 0 Å². The highest BCUT2D eigenvalue weighted by atomic mass is 32.2. The summed E-state index contributed by atoms with van der Waals surface area (Å²) in [7, 11) is 0. The van der Waals surface area contributed by atoms with Crippen LogP contribution < -0.4 is 10.9 Å². The molecule has 0 saturated carbocycles. The summed E-state index contributed by atoms with van der Waals surface area (Å²) in [5.41, 5.74) is 1.42. The number of nitrogens with zero attached hydrogens (tertiary/aromatic N) is 3. The predicted molar refractivity (Wildman–Crippen MR) is 89.7 cm³/mol. The zero-order valence-electron chi connectivity index (χ0n) is 12.9. The highest BCUT2D eigenvalue weighted by Gasteiger charge is 2.27. The van der Waals surface area contributed by atoms with Gasteiger partial charge < -0.3 is 5.32 Å². The second-order valence-electron chi connectivity index (χ2n) is 5.45. The highest BCUT2D eigenvalue weighted by molar-refractivity contribution is 7.99. The van der Waals surface area contributed by atoms with E-state index in [1.807, 2.05) is 0 Å². The number of fused-ring (bicyclic) bond motifs is 1. The van der Waals surface area contributed by atoms with Crippen LogP contribution >= 0.6 is 11.8 Å². The number of thioether (sulfide) groups is 1. The largest absolute Gasteiger partial charge is 0.325 e. The second-order valence-corrected chi connectivity index (χ2v) is 6.43. The fraction of sp³-hybridized carbons (Fsp3) is 0.375. The Morgan fingerprint density at radius 2 is 2.39 bits per heavy atom. The minimum atomic E-state index is -0.151. The van der Waals surface area contributed by atoms with Crippen LogP contribution in [0.3, 0.4) is 0 Å². The van der Waals surface area contributed by atoms with Gasteiger partial charge in [0.25, 0.3) is 5.56 Å². The number of nitrogens with one attached hydrogen (secondary N) is 1. The van der Waals surface area contributed by atoms with Gasteiger partial charge in [0.2, 0.25) is 5.91 Å². The first-order valence-electron chi connectivity index (χ1n) is 7.62. The first-order valence-corrected chi connectivity index (χ1v) is 8.61. The van der Waals surface area contributed by atoms with E-state index in [4.69, 9.17) is 0 Å². The van der Waals surface area contributed by atoms with Gasteiger partial charge in [-0.15, -0.1) is 0 Å². The standard InChI is InChI=1S/C16H18N4O2S/c1-2-4-11-7-15(22)20-13(10-23-16(20)19-11)8-14(21)18-12-5-3-6-17-9-12/h3,5-7,9,13H,2,4,8,10H2,1H3,(H,18,21). The maximum atomic E-state index is 12.3. The lowest BCUT2D eigenvalue weighted by Crippen LogP contribution is -2.27. The molecule has 1 unspecified atom stereocenters. The summed E-state index contributed by atoms with van der Waals surface area (Å²) >= 11 is 1.54. The number of amides is 1. The molecule has 2 aromatic rings. The Morgan fingerprint density at radius 3 is 3.13 bits per heavy atom. The SMILES string of the molecule is CCCc1cc(=O)n2c(n1)SCC2CC(=O)Nc1cccnc1. The van der Waals surface area contributed by atoms with Crippen molar-refractivity contribution in [2.75, 3.05) is 11.1 Å². The molecule has 7 heteroatoms. The van der Waals surface area contributed by atoms with Gasteiger partial charge in [-0.1, -0.05) is 25.1 Å². The highest BCUT2D eigenvalue weighted by Crippen LogP contribution is 2.32. The monoisotopic (exact) mass is 330 g/mol. The summed E-state index contributed by atoms with van der Waals surface area (Å²) in [6, 6.07) is 4.99. The molecule has 2 aromatic heterocycles. The van der Waals surface area contributed by atoms with Crippen LogP contribution in [0.15, 0.2) is 40.5 Å². The molecule has 1 N–H and O–H groups in total. The van der Waals surface area contributed by atoms with E-state index in [2.05, 4.69) is 22.2 Å². The molecule has 1 aliphatic rings. The molecule has 0 aromatic carbocycles. The number of rotatable bonds is 5. The van der Waals surface area contributed by atoms with Crippen molar-refractivity contribution < 1.29 is 4.79 Å². The van der Waals surface area contributed by atoms with Crippen molar-refractivity contribution in [2.24, 2.45) is 0 Å². The Labute approximate surface area is 138 Å². The van der Waals surface area contributed by atoms with Gasteiger partial charge in [0, 0.05) is 30.1 Å². The van der Waals surface area contributed by atoms with E-state index in [1.54, 1.807) is 35.2 Å². The molecule has 0 bridgehead atoms. The van der Waals surface area contributed by atoms with Crippen molar-refractivity contribution in [1.29, 1.82) is 0 Å². The molecule has 0 spiro atoms. The van der Waals surface area contributed by atoms with Crippen LogP contribution in [0.4, 0.5) is 5.69 Å². The normalized spacial score (nSPS) is 16.1. The Morgan fingerprint density at radius 1 is 1.52 bits per heavy atom. The Bertz CT molecular complexity index is 760. The van der Waals surface area contributed by atoms with Crippen LogP contribution in [-0.2, 0) is 11.2 Å². The van der Waals surface area contributed by atoms with Crippen LogP contribution in [-0.4, -0.2) is 26.2 Å². The van der Waals surface area contributed by atoms with Crippen molar-refractivity contribution in [3.63, 3.8) is 0 Å². The first kappa shape index (κ1) is 15.7. The number of hydrogen-bond donors (Lipinski definition) is 1. The molecule has 1 atom stereocenters. The minimum Gasteiger partial charge on any atom is -0.325 e. The van der Waals surface area contributed by atoms with Gasteiger partial charge in [0.15, 0.2) is 5.16 Å². The van der Waals surface area contributed by atoms with Gasteiger partial charge >= 0.3 is 0 Å². The van der Waals surface area contributed by atoms with Crippen LogP contribution in [0.5, 0.6) is 0 Å². The molecule has 3 rings (SSSR count). The summed E-state index contributed by atoms with van der Waals surface area (Å²) in [4.78, 5) is 33.0. The number of aromatic nitrogens is 3. The van der Waals surface area contributed by atoms with E-state index < -0.39 is 0 Å². The van der Waals surface area contributed by atoms with Gasteiger partial charge in [-0.25, -0.2) is 4.98 Å². The van der Waals surface area contributed by atoms with Crippen molar-refractivity contribution in [1.82, 2.24) is 14.5 Å². The van der Waals surface area contributed by atoms with Crippen LogP contribution in [0.25, 0.3) is 0 Å². The summed E-state index contributed by atoms with van der Waals surface area (Å²) < 4.78 is 1.65. The molecule has 1 aliphatic heterocycles. The summed E-state index contributed by atoms with van der Waals surface area (Å²) in [6.07, 6.45) is 5.26. The molecule has 23 heavy (non-hydrogen) atoms. The lowest BCUT2D eigenvalue weighted by atomic mass is 10.2. The van der Waals surface area contributed by atoms with E-state index in [0.717, 1.165) is 23.7 Å². The third-order valence-corrected chi connectivity index (χ3v) is 4.71. The number of hydrogen-bond acceptors (Lipinski definition) is 5. The first-order chi connectivity index (χ1) is 11.2. The average molecular weight is 330 g/mol. The minimum absolute atomic E-state index is 0.0670. The lowest BCUT2D eigenvalue weighted by molar-refractivity contribution is -0.116. The van der Waals surface area contributed by atoms with Gasteiger partial charge in [-0.05, 0) is 18.6 Å². The Balaban J connectivity index is 1.73. The second kappa shape index (κ2) is 6.95. The zero-order chi connectivity index (χ0) is 16.2. The van der Waals surface area contributed by atoms with Gasteiger partial charge in [0.1, 0.15) is 0 Å². The fourth-order valence-corrected chi connectivity index (χ4v) is 3.76. The van der Waals surface area contributed by atoms with Crippen LogP contribution in [0, 0.1) is 0 Å². The maximum absolute atomic E-state index is 12.3. The van der Waals surface area contributed by atoms with E-state index in [1.165, 1.54) is 11.8 Å². The smallest absolute Gasteiger partial charge is 0.254 e. The summed E-state index contributed by atoms with van der Waals surface area (Å²) in [6.45, 7) is 2.06. The molecule has 6 nitrogen and oxygen atoms in total. The Kier molecular flexibility index (Phi) is 4.76. The Hall–Kier alpha value is -2.15. The number of anilines is 1. The van der Waals surface area contributed by atoms with Gasteiger partial charge in [0.05, 0.1) is 17.9 Å². The summed E-state index contributed by atoms with van der Waals surface area (Å²) in [5, 5.41) is 3.53. The van der Waals surface area contributed by atoms with E-state index >= 15 is 0 Å². The summed E-state index contributed by atoms with van der Waals surface area (Å²) in [5.74, 6) is 0.569. The number of pyridine rings is 1. The average Bonchev–Trinajstić information content (AvgIpc) is 2.92. The lowest BCUT2D eigenvalue weighted by Gasteiger charge is -2.13. The van der Waals surface area contributed by atoms with Gasteiger partial charge in [-0.2, -0.15) is 0 Å². The maximum Gasteiger partial charge on any atom is 0.254 e. The van der Waals surface area contributed by atoms with Crippen molar-refractivity contribution in [3.05, 3.63) is 46.6 Å². The molecule has 0 radical (unpaired) electrons. The van der Waals surface area contributed by atoms with Crippen molar-refractivity contribution >= 4 is 23.4 Å². The molecular formula is C16H18N4O2S. The number of aryl methyl sites for hydroxylation is 1. The fourth-order valence-electron chi connectivity index (χ4n) is 2.60. The van der Waals surface area contributed by atoms with Crippen molar-refractivity contribution in [2.45, 2.75) is 37.4 Å². The van der Waals surface area contributed by atoms with Gasteiger partial charge in [-0.3, -0.25) is 19.1 Å². The van der Waals surface area contributed by atoms with Crippen LogP contribution in [0.2, 0.25) is 0 Å². The van der Waals surface area contributed by atoms with Crippen LogP contribution in [0.1, 0.15) is 31.5 Å². The number of carbonyl (C=O) groups excluding carboxylic acids is 1. The van der Waals surface area contributed by atoms with E-state index in [0.29, 0.717) is 11.4 Å². The number of carbonyl (C=O) groups is 1. The molecule has 0 fully saturated rings. The third kappa shape index (κ3) is 3.61. The molecule has 1 amide bonds. The zero-order valence-corrected chi connectivity index (χ0v) is 13.7. The predicted octanol–water partition coefficient (Wildman–Crippen LogP) is 2.27. The molecule has 120 valence electrons. The topological polar surface area (TPSA) is 76.9 Å². The quantitative estimate of drug-likeness (QED) is 0.851. The third-order valence-electron chi connectivity index (χ3n) is 3.62. The van der Waals surface area contributed by atoms with E-state index in [9.17, 15) is 9.59 Å². The van der Waals surface area contributed by atoms with E-state index in [-0.39, 0.29) is 23.9 Å². The molecule has 0 saturated heterocycles.